The minimum absolute atomic E-state index is 0.0674. The van der Waals surface area contributed by atoms with Gasteiger partial charge in [0.1, 0.15) is 0 Å². The van der Waals surface area contributed by atoms with E-state index >= 15 is 0 Å². The van der Waals surface area contributed by atoms with E-state index in [-0.39, 0.29) is 17.6 Å². The second kappa shape index (κ2) is 9.54. The molecular formula is C27H37N9. The average Bonchev–Trinajstić information content (AvgIpc) is 3.51. The smallest absolute Gasteiger partial charge is 0.229 e. The highest BCUT2D eigenvalue weighted by Gasteiger charge is 2.22. The van der Waals surface area contributed by atoms with E-state index in [4.69, 9.17) is 15.7 Å². The van der Waals surface area contributed by atoms with E-state index in [1.54, 1.807) is 0 Å². The fourth-order valence-electron chi connectivity index (χ4n) is 4.61. The minimum atomic E-state index is -0.0674. The molecule has 190 valence electrons. The van der Waals surface area contributed by atoms with Gasteiger partial charge in [0, 0.05) is 43.5 Å². The van der Waals surface area contributed by atoms with E-state index in [9.17, 15) is 0 Å². The highest BCUT2D eigenvalue weighted by molar-refractivity contribution is 5.84. The molecule has 9 nitrogen and oxygen atoms in total. The lowest BCUT2D eigenvalue weighted by Gasteiger charge is -2.30. The first kappa shape index (κ1) is 24.2. The van der Waals surface area contributed by atoms with Gasteiger partial charge in [0.15, 0.2) is 17.0 Å². The average molecular weight is 488 g/mol. The molecule has 1 fully saturated rings. The lowest BCUT2D eigenvalue weighted by molar-refractivity contribution is 0.355. The number of piperidine rings is 1. The minimum Gasteiger partial charge on any atom is -0.364 e. The number of benzene rings is 1. The quantitative estimate of drug-likeness (QED) is 0.411. The zero-order valence-corrected chi connectivity index (χ0v) is 21.9. The Morgan fingerprint density at radius 1 is 1.11 bits per heavy atom. The second-order valence-electron chi connectivity index (χ2n) is 11.0. The van der Waals surface area contributed by atoms with Crippen LogP contribution in [0, 0.1) is 0 Å². The Balaban J connectivity index is 1.47. The summed E-state index contributed by atoms with van der Waals surface area (Å²) in [4.78, 5) is 16.8. The molecule has 9 heteroatoms. The van der Waals surface area contributed by atoms with Gasteiger partial charge < -0.3 is 20.5 Å². The van der Waals surface area contributed by atoms with Crippen molar-refractivity contribution in [2.75, 3.05) is 23.3 Å². The molecule has 3 aromatic heterocycles. The molecule has 1 aromatic carbocycles. The van der Waals surface area contributed by atoms with Crippen molar-refractivity contribution in [3.63, 3.8) is 0 Å². The highest BCUT2D eigenvalue weighted by atomic mass is 15.3. The molecule has 1 saturated heterocycles. The fourth-order valence-corrected chi connectivity index (χ4v) is 4.61. The Morgan fingerprint density at radius 3 is 2.56 bits per heavy atom. The van der Waals surface area contributed by atoms with Crippen LogP contribution in [0.4, 0.5) is 11.8 Å². The number of aromatic nitrogens is 6. The highest BCUT2D eigenvalue weighted by Crippen LogP contribution is 2.29. The van der Waals surface area contributed by atoms with Crippen molar-refractivity contribution >= 4 is 22.9 Å². The number of rotatable bonds is 6. The summed E-state index contributed by atoms with van der Waals surface area (Å²) in [5, 5.41) is 8.19. The van der Waals surface area contributed by atoms with Gasteiger partial charge in [-0.1, -0.05) is 24.3 Å². The van der Waals surface area contributed by atoms with Crippen LogP contribution in [0.1, 0.15) is 59.1 Å². The topological polar surface area (TPSA) is 103 Å². The summed E-state index contributed by atoms with van der Waals surface area (Å²) in [5.74, 6) is 1.49. The van der Waals surface area contributed by atoms with Crippen LogP contribution in [0.2, 0.25) is 0 Å². The van der Waals surface area contributed by atoms with Crippen LogP contribution in [0.3, 0.4) is 0 Å². The van der Waals surface area contributed by atoms with E-state index < -0.39 is 0 Å². The van der Waals surface area contributed by atoms with Crippen molar-refractivity contribution in [3.05, 3.63) is 48.5 Å². The molecule has 0 amide bonds. The number of hydrogen-bond acceptors (Lipinski definition) is 7. The third-order valence-electron chi connectivity index (χ3n) is 6.83. The van der Waals surface area contributed by atoms with Crippen molar-refractivity contribution in [1.29, 1.82) is 0 Å². The molecule has 36 heavy (non-hydrogen) atoms. The van der Waals surface area contributed by atoms with Gasteiger partial charge in [-0.3, -0.25) is 4.68 Å². The van der Waals surface area contributed by atoms with Gasteiger partial charge in [-0.05, 0) is 58.6 Å². The predicted molar refractivity (Wildman–Crippen MR) is 145 cm³/mol. The summed E-state index contributed by atoms with van der Waals surface area (Å²) in [5.41, 5.74) is 11.2. The van der Waals surface area contributed by atoms with Gasteiger partial charge >= 0.3 is 0 Å². The first-order chi connectivity index (χ1) is 17.2. The van der Waals surface area contributed by atoms with Gasteiger partial charge in [-0.2, -0.15) is 15.1 Å². The van der Waals surface area contributed by atoms with E-state index in [1.165, 1.54) is 5.56 Å². The van der Waals surface area contributed by atoms with E-state index in [2.05, 4.69) is 89.9 Å². The lowest BCUT2D eigenvalue weighted by atomic mass is 10.0. The zero-order chi connectivity index (χ0) is 25.4. The molecule has 0 atom stereocenters. The molecule has 0 aliphatic carbocycles. The number of imidazole rings is 1. The maximum atomic E-state index is 6.14. The Morgan fingerprint density at radius 2 is 1.86 bits per heavy atom. The summed E-state index contributed by atoms with van der Waals surface area (Å²) in [7, 11) is 0. The molecule has 0 spiro atoms. The van der Waals surface area contributed by atoms with Gasteiger partial charge in [-0.15, -0.1) is 0 Å². The standard InChI is InChI=1S/C27H37N9/c1-18(2)35-17-30-23-24(32-26(33-25(23)35)34-12-10-21(28)11-13-34)29-14-19-8-6-7-9-22(19)20-15-31-36(16-20)27(3,4)5/h6-9,15-18,21H,10-14,28H2,1-5H3,(H,29,32,33). The number of nitrogens with one attached hydrogen (secondary N) is 1. The first-order valence-electron chi connectivity index (χ1n) is 12.8. The zero-order valence-electron chi connectivity index (χ0n) is 21.9. The monoisotopic (exact) mass is 487 g/mol. The van der Waals surface area contributed by atoms with Crippen LogP contribution >= 0.6 is 0 Å². The number of hydrogen-bond donors (Lipinski definition) is 2. The molecule has 1 aliphatic rings. The van der Waals surface area contributed by atoms with Crippen molar-refractivity contribution in [1.82, 2.24) is 29.3 Å². The molecule has 5 rings (SSSR count). The largest absolute Gasteiger partial charge is 0.364 e. The molecule has 3 N–H and O–H groups in total. The summed E-state index contributed by atoms with van der Waals surface area (Å²) >= 11 is 0. The Bertz CT molecular complexity index is 1340. The lowest BCUT2D eigenvalue weighted by Crippen LogP contribution is -2.40. The third kappa shape index (κ3) is 4.80. The predicted octanol–water partition coefficient (Wildman–Crippen LogP) is 4.57. The molecule has 0 saturated carbocycles. The van der Waals surface area contributed by atoms with E-state index in [0.29, 0.717) is 6.54 Å². The van der Waals surface area contributed by atoms with Crippen LogP contribution in [-0.2, 0) is 12.1 Å². The van der Waals surface area contributed by atoms with E-state index in [1.807, 2.05) is 17.2 Å². The molecule has 4 heterocycles. The molecule has 1 aliphatic heterocycles. The summed E-state index contributed by atoms with van der Waals surface area (Å²) in [6.45, 7) is 13.1. The van der Waals surface area contributed by atoms with Crippen LogP contribution < -0.4 is 16.0 Å². The van der Waals surface area contributed by atoms with Crippen molar-refractivity contribution in [2.24, 2.45) is 5.73 Å². The second-order valence-corrected chi connectivity index (χ2v) is 11.0. The van der Waals surface area contributed by atoms with Crippen LogP contribution in [0.5, 0.6) is 0 Å². The van der Waals surface area contributed by atoms with Crippen molar-refractivity contribution in [2.45, 2.75) is 71.6 Å². The molecular weight excluding hydrogens is 450 g/mol. The fraction of sp³-hybridized carbons (Fsp3) is 0.481. The molecule has 4 aromatic rings. The Labute approximate surface area is 212 Å². The van der Waals surface area contributed by atoms with Crippen molar-refractivity contribution in [3.8, 4) is 11.1 Å². The van der Waals surface area contributed by atoms with Gasteiger partial charge in [-0.25, -0.2) is 4.98 Å². The molecule has 0 unspecified atom stereocenters. The number of nitrogens with two attached hydrogens (primary N) is 1. The van der Waals surface area contributed by atoms with Crippen LogP contribution in [-0.4, -0.2) is 48.4 Å². The Kier molecular flexibility index (Phi) is 6.42. The summed E-state index contributed by atoms with van der Waals surface area (Å²) in [6.07, 6.45) is 7.81. The summed E-state index contributed by atoms with van der Waals surface area (Å²) in [6, 6.07) is 8.93. The maximum absolute atomic E-state index is 6.14. The SMILES string of the molecule is CC(C)n1cnc2c(NCc3ccccc3-c3cnn(C(C)(C)C)c3)nc(N3CCC(N)CC3)nc21. The van der Waals surface area contributed by atoms with Gasteiger partial charge in [0.25, 0.3) is 0 Å². The number of nitrogens with zero attached hydrogens (tertiary/aromatic N) is 7. The van der Waals surface area contributed by atoms with Gasteiger partial charge in [0.2, 0.25) is 5.95 Å². The van der Waals surface area contributed by atoms with Gasteiger partial charge in [0.05, 0.1) is 18.1 Å². The Hall–Kier alpha value is -3.46. The first-order valence-corrected chi connectivity index (χ1v) is 12.8. The van der Waals surface area contributed by atoms with Crippen LogP contribution in [0.15, 0.2) is 43.0 Å². The number of fused-ring (bicyclic) bond motifs is 1. The third-order valence-corrected chi connectivity index (χ3v) is 6.83. The number of anilines is 2. The van der Waals surface area contributed by atoms with E-state index in [0.717, 1.165) is 60.0 Å². The summed E-state index contributed by atoms with van der Waals surface area (Å²) < 4.78 is 4.12. The van der Waals surface area contributed by atoms with Crippen LogP contribution in [0.25, 0.3) is 22.3 Å². The molecule has 0 radical (unpaired) electrons. The maximum Gasteiger partial charge on any atom is 0.229 e. The normalized spacial score (nSPS) is 15.2. The van der Waals surface area contributed by atoms with Crippen molar-refractivity contribution < 1.29 is 0 Å². The molecule has 0 bridgehead atoms.